The highest BCUT2D eigenvalue weighted by molar-refractivity contribution is 5.91. The molecule has 1 N–H and O–H groups in total. The fourth-order valence-corrected chi connectivity index (χ4v) is 3.25. The van der Waals surface area contributed by atoms with E-state index in [0.717, 1.165) is 50.4 Å². The van der Waals surface area contributed by atoms with Crippen molar-refractivity contribution in [2.24, 2.45) is 5.41 Å². The number of anilines is 1. The molecule has 0 atom stereocenters. The molecule has 0 amide bonds. The first kappa shape index (κ1) is 12.5. The minimum absolute atomic E-state index is 0.407. The Morgan fingerprint density at radius 3 is 2.63 bits per heavy atom. The highest BCUT2D eigenvalue weighted by atomic mass is 16.5. The van der Waals surface area contributed by atoms with Crippen LogP contribution in [-0.4, -0.2) is 37.4 Å². The number of carboxylic acid groups (broad SMARTS) is 1. The van der Waals surface area contributed by atoms with Gasteiger partial charge in [0.2, 0.25) is 0 Å². The van der Waals surface area contributed by atoms with Gasteiger partial charge in [-0.25, -0.2) is 4.79 Å². The molecule has 0 bridgehead atoms. The van der Waals surface area contributed by atoms with Gasteiger partial charge >= 0.3 is 5.97 Å². The number of rotatable bonds is 2. The summed E-state index contributed by atoms with van der Waals surface area (Å²) in [7, 11) is 0. The zero-order valence-electron chi connectivity index (χ0n) is 11.2. The third kappa shape index (κ3) is 2.10. The molecule has 19 heavy (non-hydrogen) atoms. The summed E-state index contributed by atoms with van der Waals surface area (Å²) in [5, 5.41) is 9.17. The van der Waals surface area contributed by atoms with Gasteiger partial charge in [-0.2, -0.15) is 0 Å². The lowest BCUT2D eigenvalue weighted by atomic mass is 9.73. The Labute approximate surface area is 113 Å². The van der Waals surface area contributed by atoms with E-state index >= 15 is 0 Å². The Balaban J connectivity index is 1.78. The maximum absolute atomic E-state index is 11.2. The van der Waals surface area contributed by atoms with Gasteiger partial charge in [0.25, 0.3) is 0 Å². The quantitative estimate of drug-likeness (QED) is 0.887. The number of carbonyl (C=O) groups is 1. The van der Waals surface area contributed by atoms with Crippen molar-refractivity contribution in [3.05, 3.63) is 29.3 Å². The van der Waals surface area contributed by atoms with Gasteiger partial charge in [0, 0.05) is 37.4 Å². The smallest absolute Gasteiger partial charge is 0.336 e. The van der Waals surface area contributed by atoms with E-state index in [4.69, 9.17) is 9.84 Å². The topological polar surface area (TPSA) is 49.8 Å². The first-order valence-corrected chi connectivity index (χ1v) is 6.77. The van der Waals surface area contributed by atoms with Crippen LogP contribution in [0.1, 0.15) is 28.8 Å². The Morgan fingerprint density at radius 2 is 2.00 bits per heavy atom. The highest BCUT2D eigenvalue weighted by Gasteiger charge is 2.44. The van der Waals surface area contributed by atoms with Crippen molar-refractivity contribution in [3.8, 4) is 0 Å². The second-order valence-corrected chi connectivity index (χ2v) is 5.72. The third-order valence-corrected chi connectivity index (χ3v) is 4.48. The van der Waals surface area contributed by atoms with Crippen molar-refractivity contribution in [3.63, 3.8) is 0 Å². The number of ether oxygens (including phenoxy) is 1. The number of nitrogens with zero attached hydrogens (tertiary/aromatic N) is 1. The van der Waals surface area contributed by atoms with Gasteiger partial charge in [0.15, 0.2) is 0 Å². The van der Waals surface area contributed by atoms with Crippen LogP contribution < -0.4 is 4.90 Å². The van der Waals surface area contributed by atoms with Gasteiger partial charge in [0.1, 0.15) is 0 Å². The molecular weight excluding hydrogens is 242 g/mol. The van der Waals surface area contributed by atoms with E-state index in [-0.39, 0.29) is 0 Å². The second kappa shape index (κ2) is 4.53. The van der Waals surface area contributed by atoms with E-state index in [0.29, 0.717) is 11.0 Å². The standard InChI is InChI=1S/C15H19NO3/c1-11-12(14(17)18)3-2-4-13(11)16-9-15(10-16)5-7-19-8-6-15/h2-4H,5-10H2,1H3,(H,17,18). The van der Waals surface area contributed by atoms with Crippen LogP contribution in [0.25, 0.3) is 0 Å². The zero-order chi connectivity index (χ0) is 13.5. The van der Waals surface area contributed by atoms with Crippen LogP contribution in [0, 0.1) is 12.3 Å². The summed E-state index contributed by atoms with van der Waals surface area (Å²) >= 11 is 0. The van der Waals surface area contributed by atoms with Crippen molar-refractivity contribution in [1.82, 2.24) is 0 Å². The highest BCUT2D eigenvalue weighted by Crippen LogP contribution is 2.43. The molecule has 0 unspecified atom stereocenters. The Kier molecular flexibility index (Phi) is 2.97. The zero-order valence-corrected chi connectivity index (χ0v) is 11.2. The van der Waals surface area contributed by atoms with Crippen LogP contribution >= 0.6 is 0 Å². The summed E-state index contributed by atoms with van der Waals surface area (Å²) in [4.78, 5) is 13.5. The molecule has 2 saturated heterocycles. The lowest BCUT2D eigenvalue weighted by Gasteiger charge is -2.53. The van der Waals surface area contributed by atoms with Gasteiger partial charge in [-0.1, -0.05) is 6.07 Å². The molecule has 2 aliphatic rings. The number of aromatic carboxylic acids is 1. The molecule has 1 spiro atoms. The van der Waals surface area contributed by atoms with Crippen LogP contribution in [-0.2, 0) is 4.74 Å². The Morgan fingerprint density at radius 1 is 1.32 bits per heavy atom. The van der Waals surface area contributed by atoms with Crippen LogP contribution in [0.2, 0.25) is 0 Å². The molecule has 2 heterocycles. The van der Waals surface area contributed by atoms with E-state index in [9.17, 15) is 4.79 Å². The van der Waals surface area contributed by atoms with Gasteiger partial charge in [0.05, 0.1) is 5.56 Å². The Bertz CT molecular complexity index is 498. The van der Waals surface area contributed by atoms with Gasteiger partial charge in [-0.05, 0) is 37.5 Å². The summed E-state index contributed by atoms with van der Waals surface area (Å²) in [6.45, 7) is 5.68. The van der Waals surface area contributed by atoms with E-state index in [1.54, 1.807) is 6.07 Å². The third-order valence-electron chi connectivity index (χ3n) is 4.48. The average molecular weight is 261 g/mol. The van der Waals surface area contributed by atoms with Crippen molar-refractivity contribution < 1.29 is 14.6 Å². The average Bonchev–Trinajstić information content (AvgIpc) is 2.37. The maximum Gasteiger partial charge on any atom is 0.336 e. The van der Waals surface area contributed by atoms with Crippen molar-refractivity contribution in [2.45, 2.75) is 19.8 Å². The molecule has 1 aromatic carbocycles. The predicted octanol–water partition coefficient (Wildman–Crippen LogP) is 2.31. The van der Waals surface area contributed by atoms with Gasteiger partial charge in [-0.3, -0.25) is 0 Å². The van der Waals surface area contributed by atoms with Crippen molar-refractivity contribution in [2.75, 3.05) is 31.2 Å². The minimum atomic E-state index is -0.847. The fourth-order valence-electron chi connectivity index (χ4n) is 3.25. The molecule has 3 rings (SSSR count). The number of benzene rings is 1. The van der Waals surface area contributed by atoms with Gasteiger partial charge in [-0.15, -0.1) is 0 Å². The molecule has 4 nitrogen and oxygen atoms in total. The summed E-state index contributed by atoms with van der Waals surface area (Å²) in [5.41, 5.74) is 2.75. The van der Waals surface area contributed by atoms with Crippen molar-refractivity contribution >= 4 is 11.7 Å². The molecule has 4 heteroatoms. The Hall–Kier alpha value is -1.55. The molecule has 0 saturated carbocycles. The fraction of sp³-hybridized carbons (Fsp3) is 0.533. The second-order valence-electron chi connectivity index (χ2n) is 5.72. The largest absolute Gasteiger partial charge is 0.478 e. The lowest BCUT2D eigenvalue weighted by Crippen LogP contribution is -2.58. The van der Waals surface area contributed by atoms with Crippen molar-refractivity contribution in [1.29, 1.82) is 0 Å². The normalized spacial score (nSPS) is 21.2. The molecule has 2 aliphatic heterocycles. The number of carboxylic acids is 1. The van der Waals surface area contributed by atoms with Crippen LogP contribution in [0.15, 0.2) is 18.2 Å². The van der Waals surface area contributed by atoms with Crippen LogP contribution in [0.4, 0.5) is 5.69 Å². The number of hydrogen-bond donors (Lipinski definition) is 1. The molecular formula is C15H19NO3. The summed E-state index contributed by atoms with van der Waals surface area (Å²) in [6.07, 6.45) is 2.25. The first-order chi connectivity index (χ1) is 9.11. The SMILES string of the molecule is Cc1c(C(=O)O)cccc1N1CC2(CCOCC2)C1. The van der Waals surface area contributed by atoms with Crippen LogP contribution in [0.3, 0.4) is 0 Å². The molecule has 102 valence electrons. The monoisotopic (exact) mass is 261 g/mol. The van der Waals surface area contributed by atoms with E-state index in [1.165, 1.54) is 0 Å². The summed E-state index contributed by atoms with van der Waals surface area (Å²) in [6, 6.07) is 5.53. The van der Waals surface area contributed by atoms with Gasteiger partial charge < -0.3 is 14.7 Å². The van der Waals surface area contributed by atoms with Crippen LogP contribution in [0.5, 0.6) is 0 Å². The molecule has 0 aliphatic carbocycles. The molecule has 2 fully saturated rings. The summed E-state index contributed by atoms with van der Waals surface area (Å²) in [5.74, 6) is -0.847. The lowest BCUT2D eigenvalue weighted by molar-refractivity contribution is -0.000225. The molecule has 0 radical (unpaired) electrons. The summed E-state index contributed by atoms with van der Waals surface area (Å²) < 4.78 is 5.42. The molecule has 0 aromatic heterocycles. The first-order valence-electron chi connectivity index (χ1n) is 6.77. The predicted molar refractivity (Wildman–Crippen MR) is 72.8 cm³/mol. The van der Waals surface area contributed by atoms with E-state index in [1.807, 2.05) is 19.1 Å². The maximum atomic E-state index is 11.2. The van der Waals surface area contributed by atoms with E-state index in [2.05, 4.69) is 4.90 Å². The van der Waals surface area contributed by atoms with E-state index < -0.39 is 5.97 Å². The minimum Gasteiger partial charge on any atom is -0.478 e. The number of hydrogen-bond acceptors (Lipinski definition) is 3. The molecule has 1 aromatic rings.